The van der Waals surface area contributed by atoms with Crippen LogP contribution in [0.25, 0.3) is 0 Å². The van der Waals surface area contributed by atoms with E-state index in [1.807, 2.05) is 19.9 Å². The average molecular weight is 377 g/mol. The molecule has 10 heteroatoms. The predicted octanol–water partition coefficient (Wildman–Crippen LogP) is 1.79. The first-order valence-corrected chi connectivity index (χ1v) is 8.79. The van der Waals surface area contributed by atoms with Gasteiger partial charge in [-0.3, -0.25) is 9.59 Å². The van der Waals surface area contributed by atoms with Gasteiger partial charge in [0.2, 0.25) is 5.91 Å². The summed E-state index contributed by atoms with van der Waals surface area (Å²) >= 11 is 1.24. The van der Waals surface area contributed by atoms with E-state index in [1.165, 1.54) is 17.7 Å². The Morgan fingerprint density at radius 3 is 2.58 bits per heavy atom. The highest BCUT2D eigenvalue weighted by atomic mass is 32.1. The maximum Gasteiger partial charge on any atom is 0.271 e. The van der Waals surface area contributed by atoms with Crippen molar-refractivity contribution >= 4 is 40.0 Å². The number of rotatable bonds is 8. The molecule has 0 fully saturated rings. The number of aryl methyl sites for hydroxylation is 1. The van der Waals surface area contributed by atoms with Crippen molar-refractivity contribution < 1.29 is 9.59 Å². The van der Waals surface area contributed by atoms with E-state index >= 15 is 0 Å². The zero-order valence-electron chi connectivity index (χ0n) is 15.2. The van der Waals surface area contributed by atoms with E-state index in [0.29, 0.717) is 12.2 Å². The number of primary amides is 2. The minimum atomic E-state index is -0.685. The Morgan fingerprint density at radius 2 is 2.04 bits per heavy atom. The van der Waals surface area contributed by atoms with E-state index in [-0.39, 0.29) is 23.5 Å². The van der Waals surface area contributed by atoms with Gasteiger partial charge in [-0.15, -0.1) is 0 Å². The van der Waals surface area contributed by atoms with Crippen molar-refractivity contribution in [2.45, 2.75) is 40.2 Å². The third kappa shape index (κ3) is 4.88. The molecule has 140 valence electrons. The van der Waals surface area contributed by atoms with E-state index in [0.717, 1.165) is 10.7 Å². The monoisotopic (exact) mass is 377 g/mol. The Labute approximate surface area is 155 Å². The number of nitrogens with two attached hydrogens (primary N) is 2. The highest BCUT2D eigenvalue weighted by Gasteiger charge is 2.27. The molecule has 2 rings (SSSR count). The van der Waals surface area contributed by atoms with Gasteiger partial charge in [-0.25, -0.2) is 9.97 Å². The van der Waals surface area contributed by atoms with Crippen molar-refractivity contribution in [1.82, 2.24) is 14.3 Å². The second kappa shape index (κ2) is 7.65. The molecule has 0 bridgehead atoms. The van der Waals surface area contributed by atoms with Crippen molar-refractivity contribution in [3.63, 3.8) is 0 Å². The first-order valence-electron chi connectivity index (χ1n) is 8.02. The number of carbonyl (C=O) groups is 2. The van der Waals surface area contributed by atoms with E-state index in [1.54, 1.807) is 13.8 Å². The third-order valence-electron chi connectivity index (χ3n) is 3.75. The molecule has 6 N–H and O–H groups in total. The molecule has 1 atom stereocenters. The van der Waals surface area contributed by atoms with Gasteiger partial charge in [0.15, 0.2) is 11.5 Å². The number of hydrogen-bond donors (Lipinski definition) is 4. The molecule has 0 saturated carbocycles. The van der Waals surface area contributed by atoms with Gasteiger partial charge in [-0.05, 0) is 37.9 Å². The van der Waals surface area contributed by atoms with Crippen molar-refractivity contribution in [1.29, 1.82) is 0 Å². The number of carbonyl (C=O) groups excluding carboxylic acids is 2. The van der Waals surface area contributed by atoms with Crippen molar-refractivity contribution in [3.05, 3.63) is 23.7 Å². The molecule has 0 spiro atoms. The van der Waals surface area contributed by atoms with Crippen LogP contribution in [0.5, 0.6) is 0 Å². The second-order valence-electron chi connectivity index (χ2n) is 6.77. The SMILES string of the molecule is Cc1cc(Nc2nc(NC(C)CC(C)(C)C(N)=O)cnc2C(N)=O)sn1. The minimum Gasteiger partial charge on any atom is -0.369 e. The summed E-state index contributed by atoms with van der Waals surface area (Å²) < 4.78 is 4.17. The van der Waals surface area contributed by atoms with E-state index in [2.05, 4.69) is 25.0 Å². The fourth-order valence-corrected chi connectivity index (χ4v) is 3.10. The molecule has 9 nitrogen and oxygen atoms in total. The molecule has 2 heterocycles. The molecule has 0 aliphatic heterocycles. The van der Waals surface area contributed by atoms with Gasteiger partial charge in [0, 0.05) is 11.5 Å². The Morgan fingerprint density at radius 1 is 1.35 bits per heavy atom. The minimum absolute atomic E-state index is 0.0340. The fraction of sp³-hybridized carbons (Fsp3) is 0.438. The lowest BCUT2D eigenvalue weighted by Crippen LogP contribution is -2.36. The summed E-state index contributed by atoms with van der Waals surface area (Å²) in [5, 5.41) is 6.91. The summed E-state index contributed by atoms with van der Waals surface area (Å²) in [7, 11) is 0. The van der Waals surface area contributed by atoms with Gasteiger partial charge in [-0.1, -0.05) is 13.8 Å². The summed E-state index contributed by atoms with van der Waals surface area (Å²) in [4.78, 5) is 31.6. The van der Waals surface area contributed by atoms with Crippen LogP contribution in [0.15, 0.2) is 12.3 Å². The largest absolute Gasteiger partial charge is 0.369 e. The lowest BCUT2D eigenvalue weighted by Gasteiger charge is -2.25. The first-order chi connectivity index (χ1) is 12.1. The van der Waals surface area contributed by atoms with Crippen LogP contribution in [-0.2, 0) is 4.79 Å². The standard InChI is InChI=1S/C16H23N7O2S/c1-8-5-11(26-23-8)22-14-12(13(17)24)19-7-10(21-14)20-9(2)6-16(3,4)15(18)25/h5,7,9H,6H2,1-4H3,(H2,17,24)(H2,18,25)(H2,20,21,22). The Balaban J connectivity index is 2.20. The van der Waals surface area contributed by atoms with Crippen molar-refractivity contribution in [2.75, 3.05) is 10.6 Å². The van der Waals surface area contributed by atoms with E-state index in [4.69, 9.17) is 11.5 Å². The highest BCUT2D eigenvalue weighted by molar-refractivity contribution is 7.10. The van der Waals surface area contributed by atoms with Crippen LogP contribution >= 0.6 is 11.5 Å². The molecule has 0 radical (unpaired) electrons. The van der Waals surface area contributed by atoms with Crippen LogP contribution in [0.1, 0.15) is 43.4 Å². The molecule has 0 saturated heterocycles. The number of amides is 2. The predicted molar refractivity (Wildman–Crippen MR) is 101 cm³/mol. The van der Waals surface area contributed by atoms with Gasteiger partial charge in [-0.2, -0.15) is 4.37 Å². The zero-order chi connectivity index (χ0) is 19.5. The second-order valence-corrected chi connectivity index (χ2v) is 7.58. The Bertz CT molecular complexity index is 819. The molecule has 0 aliphatic carbocycles. The lowest BCUT2D eigenvalue weighted by molar-refractivity contribution is -0.126. The Kier molecular flexibility index (Phi) is 5.76. The van der Waals surface area contributed by atoms with Crippen LogP contribution in [0.4, 0.5) is 16.6 Å². The smallest absolute Gasteiger partial charge is 0.271 e. The van der Waals surface area contributed by atoms with Gasteiger partial charge in [0.05, 0.1) is 11.9 Å². The number of nitrogens with one attached hydrogen (secondary N) is 2. The van der Waals surface area contributed by atoms with Gasteiger partial charge >= 0.3 is 0 Å². The molecular weight excluding hydrogens is 354 g/mol. The summed E-state index contributed by atoms with van der Waals surface area (Å²) in [5.74, 6) is -0.362. The molecule has 1 unspecified atom stereocenters. The number of anilines is 3. The van der Waals surface area contributed by atoms with Crippen LogP contribution in [0.2, 0.25) is 0 Å². The van der Waals surface area contributed by atoms with Crippen LogP contribution in [0.3, 0.4) is 0 Å². The lowest BCUT2D eigenvalue weighted by atomic mass is 9.85. The summed E-state index contributed by atoms with van der Waals surface area (Å²) in [6.07, 6.45) is 1.94. The fourth-order valence-electron chi connectivity index (χ4n) is 2.43. The normalized spacial score (nSPS) is 12.5. The van der Waals surface area contributed by atoms with E-state index in [9.17, 15) is 9.59 Å². The molecule has 0 aliphatic rings. The average Bonchev–Trinajstić information content (AvgIpc) is 2.91. The highest BCUT2D eigenvalue weighted by Crippen LogP contribution is 2.25. The number of aromatic nitrogens is 3. The van der Waals surface area contributed by atoms with Crippen molar-refractivity contribution in [3.8, 4) is 0 Å². The van der Waals surface area contributed by atoms with Crippen LogP contribution in [-0.4, -0.2) is 32.2 Å². The van der Waals surface area contributed by atoms with Crippen LogP contribution in [0, 0.1) is 12.3 Å². The first kappa shape index (κ1) is 19.6. The zero-order valence-corrected chi connectivity index (χ0v) is 16.0. The number of hydrogen-bond acceptors (Lipinski definition) is 8. The molecule has 0 aromatic carbocycles. The van der Waals surface area contributed by atoms with E-state index < -0.39 is 11.3 Å². The molecular formula is C16H23N7O2S. The number of nitrogens with zero attached hydrogens (tertiary/aromatic N) is 3. The molecule has 2 aromatic rings. The third-order valence-corrected chi connectivity index (χ3v) is 4.55. The Hall–Kier alpha value is -2.75. The van der Waals surface area contributed by atoms with Gasteiger partial charge < -0.3 is 22.1 Å². The topological polar surface area (TPSA) is 149 Å². The summed E-state index contributed by atoms with van der Waals surface area (Å²) in [6.45, 7) is 7.35. The molecule has 2 aromatic heterocycles. The van der Waals surface area contributed by atoms with Crippen LogP contribution < -0.4 is 22.1 Å². The summed E-state index contributed by atoms with van der Waals surface area (Å²) in [6, 6.07) is 1.74. The summed E-state index contributed by atoms with van der Waals surface area (Å²) in [5.41, 5.74) is 11.0. The molecule has 2 amide bonds. The molecule has 26 heavy (non-hydrogen) atoms. The van der Waals surface area contributed by atoms with Gasteiger partial charge in [0.25, 0.3) is 5.91 Å². The van der Waals surface area contributed by atoms with Crippen molar-refractivity contribution in [2.24, 2.45) is 16.9 Å². The maximum atomic E-state index is 11.6. The van der Waals surface area contributed by atoms with Gasteiger partial charge in [0.1, 0.15) is 10.8 Å². The quantitative estimate of drug-likeness (QED) is 0.548. The maximum absolute atomic E-state index is 11.6.